The molecule has 0 spiro atoms. The van der Waals surface area contributed by atoms with E-state index in [0.29, 0.717) is 32.2 Å². The van der Waals surface area contributed by atoms with Gasteiger partial charge >= 0.3 is 0 Å². The number of nitrogens with one attached hydrogen (secondary N) is 1. The molecule has 0 heterocycles. The van der Waals surface area contributed by atoms with Crippen molar-refractivity contribution in [3.8, 4) is 5.75 Å². The Morgan fingerprint density at radius 3 is 2.63 bits per heavy atom. The maximum Gasteiger partial charge on any atom is 0.127 e. The Bertz CT molecular complexity index is 374. The molecule has 1 unspecified atom stereocenters. The molecular formula is C14H22FNO3. The van der Waals surface area contributed by atoms with E-state index < -0.39 is 0 Å². The summed E-state index contributed by atoms with van der Waals surface area (Å²) in [5, 5.41) is 3.11. The van der Waals surface area contributed by atoms with E-state index in [1.165, 1.54) is 12.1 Å². The minimum Gasteiger partial charge on any atom is -0.491 e. The highest BCUT2D eigenvalue weighted by atomic mass is 19.1. The largest absolute Gasteiger partial charge is 0.491 e. The predicted octanol–water partition coefficient (Wildman–Crippen LogP) is 2.15. The molecule has 0 aliphatic heterocycles. The van der Waals surface area contributed by atoms with E-state index in [9.17, 15) is 4.39 Å². The fourth-order valence-corrected chi connectivity index (χ4v) is 1.60. The van der Waals surface area contributed by atoms with Crippen molar-refractivity contribution in [3.05, 3.63) is 29.6 Å². The fraction of sp³-hybridized carbons (Fsp3) is 0.571. The third-order valence-electron chi connectivity index (χ3n) is 2.79. The minimum absolute atomic E-state index is 0.102. The van der Waals surface area contributed by atoms with Gasteiger partial charge in [-0.2, -0.15) is 0 Å². The zero-order chi connectivity index (χ0) is 14.1. The summed E-state index contributed by atoms with van der Waals surface area (Å²) in [6.45, 7) is 3.92. The highest BCUT2D eigenvalue weighted by Crippen LogP contribution is 2.25. The SMILES string of the molecule is CNC(C)c1ccc(F)cc1OCCOCCOC. The summed E-state index contributed by atoms with van der Waals surface area (Å²) in [6.07, 6.45) is 0. The number of halogens is 1. The predicted molar refractivity (Wildman–Crippen MR) is 72.1 cm³/mol. The Morgan fingerprint density at radius 2 is 1.95 bits per heavy atom. The Labute approximate surface area is 113 Å². The molecule has 0 saturated carbocycles. The first-order chi connectivity index (χ1) is 9.19. The van der Waals surface area contributed by atoms with Crippen LogP contribution in [0, 0.1) is 5.82 Å². The minimum atomic E-state index is -0.303. The number of benzene rings is 1. The molecule has 0 amide bonds. The third kappa shape index (κ3) is 5.55. The number of hydrogen-bond acceptors (Lipinski definition) is 4. The Balaban J connectivity index is 2.49. The lowest BCUT2D eigenvalue weighted by atomic mass is 10.1. The monoisotopic (exact) mass is 271 g/mol. The van der Waals surface area contributed by atoms with Gasteiger partial charge < -0.3 is 19.5 Å². The Hall–Kier alpha value is -1.17. The van der Waals surface area contributed by atoms with Crippen LogP contribution in [0.4, 0.5) is 4.39 Å². The normalized spacial score (nSPS) is 12.4. The van der Waals surface area contributed by atoms with Crippen LogP contribution in [0.5, 0.6) is 5.75 Å². The van der Waals surface area contributed by atoms with Gasteiger partial charge in [0.15, 0.2) is 0 Å². The summed E-state index contributed by atoms with van der Waals surface area (Å²) >= 11 is 0. The van der Waals surface area contributed by atoms with Crippen molar-refractivity contribution in [2.75, 3.05) is 40.6 Å². The van der Waals surface area contributed by atoms with E-state index in [-0.39, 0.29) is 11.9 Å². The van der Waals surface area contributed by atoms with Crippen LogP contribution in [0.25, 0.3) is 0 Å². The summed E-state index contributed by atoms with van der Waals surface area (Å²) in [7, 11) is 3.48. The summed E-state index contributed by atoms with van der Waals surface area (Å²) < 4.78 is 29.0. The molecule has 0 aliphatic carbocycles. The molecule has 1 atom stereocenters. The van der Waals surface area contributed by atoms with E-state index in [4.69, 9.17) is 14.2 Å². The van der Waals surface area contributed by atoms with Gasteiger partial charge in [0.05, 0.1) is 19.8 Å². The first kappa shape index (κ1) is 15.9. The molecule has 1 aromatic carbocycles. The average Bonchev–Trinajstić information content (AvgIpc) is 2.42. The van der Waals surface area contributed by atoms with Crippen LogP contribution in [0.1, 0.15) is 18.5 Å². The molecule has 1 rings (SSSR count). The molecule has 1 aromatic rings. The highest BCUT2D eigenvalue weighted by Gasteiger charge is 2.11. The second-order valence-electron chi connectivity index (χ2n) is 4.15. The summed E-state index contributed by atoms with van der Waals surface area (Å²) in [4.78, 5) is 0. The Kier molecular flexibility index (Phi) is 7.40. The highest BCUT2D eigenvalue weighted by molar-refractivity contribution is 5.36. The first-order valence-corrected chi connectivity index (χ1v) is 6.35. The summed E-state index contributed by atoms with van der Waals surface area (Å²) in [5.41, 5.74) is 0.931. The Morgan fingerprint density at radius 1 is 1.21 bits per heavy atom. The molecule has 108 valence electrons. The lowest BCUT2D eigenvalue weighted by Gasteiger charge is -2.16. The van der Waals surface area contributed by atoms with Gasteiger partial charge in [-0.1, -0.05) is 6.07 Å². The molecule has 19 heavy (non-hydrogen) atoms. The molecule has 0 aromatic heterocycles. The molecule has 5 heteroatoms. The molecule has 0 bridgehead atoms. The maximum absolute atomic E-state index is 13.2. The number of rotatable bonds is 9. The lowest BCUT2D eigenvalue weighted by molar-refractivity contribution is 0.0541. The van der Waals surface area contributed by atoms with Gasteiger partial charge in [-0.05, 0) is 20.0 Å². The second kappa shape index (κ2) is 8.85. The van der Waals surface area contributed by atoms with Gasteiger partial charge in [-0.25, -0.2) is 4.39 Å². The molecule has 1 N–H and O–H groups in total. The van der Waals surface area contributed by atoms with Crippen LogP contribution in [-0.4, -0.2) is 40.6 Å². The van der Waals surface area contributed by atoms with Gasteiger partial charge in [0, 0.05) is 24.8 Å². The lowest BCUT2D eigenvalue weighted by Crippen LogP contribution is -2.15. The van der Waals surface area contributed by atoms with Crippen LogP contribution in [0.2, 0.25) is 0 Å². The van der Waals surface area contributed by atoms with Gasteiger partial charge in [-0.15, -0.1) is 0 Å². The maximum atomic E-state index is 13.2. The standard InChI is InChI=1S/C14H22FNO3/c1-11(16-2)13-5-4-12(15)10-14(13)19-9-8-18-7-6-17-3/h4-5,10-11,16H,6-9H2,1-3H3. The zero-order valence-electron chi connectivity index (χ0n) is 11.7. The van der Waals surface area contributed by atoms with Crippen LogP contribution < -0.4 is 10.1 Å². The second-order valence-corrected chi connectivity index (χ2v) is 4.15. The van der Waals surface area contributed by atoms with Crippen molar-refractivity contribution >= 4 is 0 Å². The van der Waals surface area contributed by atoms with Crippen LogP contribution in [0.3, 0.4) is 0 Å². The van der Waals surface area contributed by atoms with Gasteiger partial charge in [0.1, 0.15) is 18.2 Å². The molecule has 0 fully saturated rings. The van der Waals surface area contributed by atoms with Crippen molar-refractivity contribution in [1.82, 2.24) is 5.32 Å². The molecule has 0 radical (unpaired) electrons. The van der Waals surface area contributed by atoms with Gasteiger partial charge in [-0.3, -0.25) is 0 Å². The summed E-state index contributed by atoms with van der Waals surface area (Å²) in [5.74, 6) is 0.250. The van der Waals surface area contributed by atoms with Crippen molar-refractivity contribution in [2.45, 2.75) is 13.0 Å². The van der Waals surface area contributed by atoms with Gasteiger partial charge in [0.2, 0.25) is 0 Å². The van der Waals surface area contributed by atoms with Gasteiger partial charge in [0.25, 0.3) is 0 Å². The van der Waals surface area contributed by atoms with Crippen molar-refractivity contribution in [3.63, 3.8) is 0 Å². The quantitative estimate of drug-likeness (QED) is 0.699. The van der Waals surface area contributed by atoms with E-state index in [2.05, 4.69) is 5.32 Å². The number of hydrogen-bond donors (Lipinski definition) is 1. The molecular weight excluding hydrogens is 249 g/mol. The topological polar surface area (TPSA) is 39.7 Å². The van der Waals surface area contributed by atoms with Crippen LogP contribution >= 0.6 is 0 Å². The van der Waals surface area contributed by atoms with Crippen LogP contribution in [-0.2, 0) is 9.47 Å². The average molecular weight is 271 g/mol. The van der Waals surface area contributed by atoms with E-state index >= 15 is 0 Å². The van der Waals surface area contributed by atoms with Crippen LogP contribution in [0.15, 0.2) is 18.2 Å². The number of methoxy groups -OCH3 is 1. The van der Waals surface area contributed by atoms with Crippen molar-refractivity contribution < 1.29 is 18.6 Å². The first-order valence-electron chi connectivity index (χ1n) is 6.35. The van der Waals surface area contributed by atoms with E-state index in [1.54, 1.807) is 13.2 Å². The summed E-state index contributed by atoms with van der Waals surface area (Å²) in [6, 6.07) is 4.67. The van der Waals surface area contributed by atoms with Crippen molar-refractivity contribution in [1.29, 1.82) is 0 Å². The fourth-order valence-electron chi connectivity index (χ4n) is 1.60. The molecule has 0 saturated heterocycles. The zero-order valence-corrected chi connectivity index (χ0v) is 11.7. The third-order valence-corrected chi connectivity index (χ3v) is 2.79. The number of ether oxygens (including phenoxy) is 3. The molecule has 0 aliphatic rings. The van der Waals surface area contributed by atoms with E-state index in [0.717, 1.165) is 5.56 Å². The smallest absolute Gasteiger partial charge is 0.127 e. The van der Waals surface area contributed by atoms with Crippen molar-refractivity contribution in [2.24, 2.45) is 0 Å². The van der Waals surface area contributed by atoms with E-state index in [1.807, 2.05) is 14.0 Å². The molecule has 4 nitrogen and oxygen atoms in total.